The lowest BCUT2D eigenvalue weighted by atomic mass is 10.1. The zero-order chi connectivity index (χ0) is 27.4. The summed E-state index contributed by atoms with van der Waals surface area (Å²) >= 11 is 0. The quantitative estimate of drug-likeness (QED) is 0.353. The van der Waals surface area contributed by atoms with Crippen molar-refractivity contribution in [3.8, 4) is 0 Å². The van der Waals surface area contributed by atoms with E-state index < -0.39 is 5.91 Å². The number of benzene rings is 2. The molecule has 3 aromatic rings. The fourth-order valence-corrected chi connectivity index (χ4v) is 5.10. The van der Waals surface area contributed by atoms with Crippen molar-refractivity contribution in [1.29, 1.82) is 0 Å². The molecular weight excluding hydrogens is 492 g/mol. The minimum absolute atomic E-state index is 0.278. The number of hydrogen-bond donors (Lipinski definition) is 2. The van der Waals surface area contributed by atoms with E-state index in [0.717, 1.165) is 70.0 Å². The first-order valence-electron chi connectivity index (χ1n) is 13.5. The summed E-state index contributed by atoms with van der Waals surface area (Å²) < 4.78 is 0. The summed E-state index contributed by atoms with van der Waals surface area (Å²) in [6.45, 7) is 8.47. The molecule has 2 amide bonds. The zero-order valence-electron chi connectivity index (χ0n) is 22.6. The van der Waals surface area contributed by atoms with Crippen LogP contribution >= 0.6 is 0 Å². The highest BCUT2D eigenvalue weighted by Crippen LogP contribution is 2.26. The van der Waals surface area contributed by atoms with Gasteiger partial charge in [-0.15, -0.1) is 0 Å². The number of carbonyl (C=O) groups is 2. The number of hydrogen-bond acceptors (Lipinski definition) is 7. The van der Waals surface area contributed by atoms with Crippen molar-refractivity contribution in [3.05, 3.63) is 83.0 Å². The number of aryl methyl sites for hydroxylation is 1. The number of hydroxylamine groups is 1. The third kappa shape index (κ3) is 6.44. The number of aromatic nitrogens is 1. The molecule has 0 spiro atoms. The summed E-state index contributed by atoms with van der Waals surface area (Å²) in [7, 11) is 2.12. The van der Waals surface area contributed by atoms with Gasteiger partial charge in [-0.05, 0) is 74.3 Å². The Kier molecular flexibility index (Phi) is 8.21. The van der Waals surface area contributed by atoms with Crippen LogP contribution in [0.3, 0.4) is 0 Å². The molecule has 204 valence electrons. The highest BCUT2D eigenvalue weighted by molar-refractivity contribution is 6.07. The Morgan fingerprint density at radius 3 is 2.49 bits per heavy atom. The molecule has 0 aliphatic carbocycles. The average molecular weight is 529 g/mol. The maximum absolute atomic E-state index is 13.3. The van der Waals surface area contributed by atoms with Crippen LogP contribution in [0.5, 0.6) is 0 Å². The van der Waals surface area contributed by atoms with Gasteiger partial charge in [-0.3, -0.25) is 19.7 Å². The Bertz CT molecular complexity index is 1330. The number of amides is 2. The van der Waals surface area contributed by atoms with Crippen molar-refractivity contribution in [1.82, 2.24) is 14.8 Å². The van der Waals surface area contributed by atoms with E-state index in [1.807, 2.05) is 25.1 Å². The van der Waals surface area contributed by atoms with Gasteiger partial charge in [0.1, 0.15) is 5.82 Å². The van der Waals surface area contributed by atoms with Gasteiger partial charge >= 0.3 is 0 Å². The van der Waals surface area contributed by atoms with E-state index in [4.69, 9.17) is 0 Å². The normalized spacial score (nSPS) is 16.3. The van der Waals surface area contributed by atoms with Crippen LogP contribution in [0.25, 0.3) is 0 Å². The van der Waals surface area contributed by atoms with Gasteiger partial charge in [0.25, 0.3) is 11.8 Å². The van der Waals surface area contributed by atoms with E-state index in [0.29, 0.717) is 33.1 Å². The molecule has 0 atom stereocenters. The SMILES string of the molecule is Cc1ccc(NC(=O)c2ccnc(N3CCCC3)c2)cc1N(O)C(=O)c1cccc(CN2CCN(C)CC2)c1. The number of piperazine rings is 1. The summed E-state index contributed by atoms with van der Waals surface area (Å²) in [6.07, 6.45) is 3.90. The van der Waals surface area contributed by atoms with Gasteiger partial charge in [-0.2, -0.15) is 5.06 Å². The molecule has 9 nitrogen and oxygen atoms in total. The number of carbonyl (C=O) groups excluding carboxylic acids is 2. The van der Waals surface area contributed by atoms with Gasteiger partial charge in [0, 0.05) is 68.8 Å². The number of nitrogens with one attached hydrogen (secondary N) is 1. The Labute approximate surface area is 229 Å². The predicted octanol–water partition coefficient (Wildman–Crippen LogP) is 4.03. The molecule has 1 aromatic heterocycles. The molecule has 39 heavy (non-hydrogen) atoms. The Morgan fingerprint density at radius 1 is 0.949 bits per heavy atom. The molecular formula is C30H36N6O3. The summed E-state index contributed by atoms with van der Waals surface area (Å²) in [4.78, 5) is 37.5. The maximum Gasteiger partial charge on any atom is 0.282 e. The first-order valence-corrected chi connectivity index (χ1v) is 13.5. The lowest BCUT2D eigenvalue weighted by Gasteiger charge is -2.32. The lowest BCUT2D eigenvalue weighted by molar-refractivity contribution is 0.0854. The van der Waals surface area contributed by atoms with Crippen molar-refractivity contribution in [2.24, 2.45) is 0 Å². The fourth-order valence-electron chi connectivity index (χ4n) is 5.10. The maximum atomic E-state index is 13.3. The number of nitrogens with zero attached hydrogens (tertiary/aromatic N) is 5. The first kappa shape index (κ1) is 26.8. The average Bonchev–Trinajstić information content (AvgIpc) is 3.50. The molecule has 2 aromatic carbocycles. The molecule has 2 fully saturated rings. The van der Waals surface area contributed by atoms with Gasteiger partial charge in [0.2, 0.25) is 0 Å². The Hall–Kier alpha value is -3.79. The molecule has 0 unspecified atom stereocenters. The molecule has 0 bridgehead atoms. The second kappa shape index (κ2) is 11.9. The third-order valence-electron chi connectivity index (χ3n) is 7.50. The van der Waals surface area contributed by atoms with E-state index in [1.165, 1.54) is 0 Å². The van der Waals surface area contributed by atoms with Gasteiger partial charge in [-0.25, -0.2) is 4.98 Å². The van der Waals surface area contributed by atoms with Crippen molar-refractivity contribution >= 4 is 29.0 Å². The highest BCUT2D eigenvalue weighted by Gasteiger charge is 2.21. The minimum Gasteiger partial charge on any atom is -0.357 e. The second-order valence-corrected chi connectivity index (χ2v) is 10.4. The largest absolute Gasteiger partial charge is 0.357 e. The van der Waals surface area contributed by atoms with Crippen LogP contribution in [-0.4, -0.2) is 78.1 Å². The Morgan fingerprint density at radius 2 is 1.72 bits per heavy atom. The van der Waals surface area contributed by atoms with E-state index in [9.17, 15) is 14.8 Å². The van der Waals surface area contributed by atoms with E-state index in [1.54, 1.807) is 42.6 Å². The van der Waals surface area contributed by atoms with Crippen LogP contribution in [0.15, 0.2) is 60.8 Å². The molecule has 0 saturated carbocycles. The molecule has 2 saturated heterocycles. The van der Waals surface area contributed by atoms with Gasteiger partial charge in [-0.1, -0.05) is 18.2 Å². The van der Waals surface area contributed by atoms with Gasteiger partial charge in [0.15, 0.2) is 0 Å². The van der Waals surface area contributed by atoms with Crippen molar-refractivity contribution in [3.63, 3.8) is 0 Å². The van der Waals surface area contributed by atoms with Crippen LogP contribution in [0.4, 0.5) is 17.2 Å². The molecule has 5 rings (SSSR count). The highest BCUT2D eigenvalue weighted by atomic mass is 16.5. The number of anilines is 3. The van der Waals surface area contributed by atoms with Crippen LogP contribution in [0.1, 0.15) is 44.7 Å². The predicted molar refractivity (Wildman–Crippen MR) is 153 cm³/mol. The van der Waals surface area contributed by atoms with Crippen LogP contribution < -0.4 is 15.3 Å². The standard InChI is InChI=1S/C30H36N6O3/c1-22-8-9-26(32-29(37)24-10-11-31-28(19-24)35-12-3-4-13-35)20-27(22)36(39)30(38)25-7-5-6-23(18-25)21-34-16-14-33(2)15-17-34/h5-11,18-20,39H,3-4,12-17,21H2,1-2H3,(H,32,37). The number of rotatable bonds is 7. The van der Waals surface area contributed by atoms with Gasteiger partial charge in [0.05, 0.1) is 5.69 Å². The summed E-state index contributed by atoms with van der Waals surface area (Å²) in [5, 5.41) is 14.5. The topological polar surface area (TPSA) is 92.2 Å². The van der Waals surface area contributed by atoms with E-state index >= 15 is 0 Å². The fraction of sp³-hybridized carbons (Fsp3) is 0.367. The lowest BCUT2D eigenvalue weighted by Crippen LogP contribution is -2.43. The smallest absolute Gasteiger partial charge is 0.282 e. The molecule has 2 aliphatic rings. The molecule has 2 N–H and O–H groups in total. The van der Waals surface area contributed by atoms with Crippen molar-refractivity contribution < 1.29 is 14.8 Å². The first-order chi connectivity index (χ1) is 18.9. The second-order valence-electron chi connectivity index (χ2n) is 10.4. The van der Waals surface area contributed by atoms with Crippen molar-refractivity contribution in [2.75, 3.05) is 61.6 Å². The summed E-state index contributed by atoms with van der Waals surface area (Å²) in [5.74, 6) is -0.00186. The van der Waals surface area contributed by atoms with Crippen LogP contribution in [-0.2, 0) is 6.54 Å². The summed E-state index contributed by atoms with van der Waals surface area (Å²) in [5.41, 5.74) is 3.44. The van der Waals surface area contributed by atoms with E-state index in [2.05, 4.69) is 32.0 Å². The van der Waals surface area contributed by atoms with Crippen molar-refractivity contribution in [2.45, 2.75) is 26.3 Å². The van der Waals surface area contributed by atoms with Crippen LogP contribution in [0.2, 0.25) is 0 Å². The molecule has 0 radical (unpaired) electrons. The third-order valence-corrected chi connectivity index (χ3v) is 7.50. The van der Waals surface area contributed by atoms with E-state index in [-0.39, 0.29) is 5.91 Å². The minimum atomic E-state index is -0.522. The zero-order valence-corrected chi connectivity index (χ0v) is 22.6. The molecule has 9 heteroatoms. The molecule has 2 aliphatic heterocycles. The monoisotopic (exact) mass is 528 g/mol. The van der Waals surface area contributed by atoms with Gasteiger partial charge < -0.3 is 15.1 Å². The summed E-state index contributed by atoms with van der Waals surface area (Å²) in [6, 6.07) is 16.0. The Balaban J connectivity index is 1.28. The van der Waals surface area contributed by atoms with Crippen LogP contribution in [0, 0.1) is 6.92 Å². The molecule has 3 heterocycles. The number of likely N-dealkylation sites (N-methyl/N-ethyl adjacent to an activating group) is 1. The number of pyridine rings is 1.